The van der Waals surface area contributed by atoms with Gasteiger partial charge in [-0.1, -0.05) is 6.42 Å². The highest BCUT2D eigenvalue weighted by atomic mass is 19.2. The number of aromatic nitrogens is 2. The molecule has 1 aliphatic carbocycles. The van der Waals surface area contributed by atoms with Gasteiger partial charge in [-0.15, -0.1) is 0 Å². The lowest BCUT2D eigenvalue weighted by Crippen LogP contribution is -2.21. The molecular weight excluding hydrogens is 302 g/mol. The van der Waals surface area contributed by atoms with Gasteiger partial charge < -0.3 is 14.4 Å². The third-order valence-corrected chi connectivity index (χ3v) is 4.58. The molecule has 1 aliphatic rings. The smallest absolute Gasteiger partial charge is 0.173 e. The number of methoxy groups -OCH3 is 1. The van der Waals surface area contributed by atoms with E-state index < -0.39 is 11.6 Å². The zero-order valence-corrected chi connectivity index (χ0v) is 13.0. The van der Waals surface area contributed by atoms with Gasteiger partial charge in [0.2, 0.25) is 0 Å². The van der Waals surface area contributed by atoms with Crippen LogP contribution < -0.4 is 4.74 Å². The zero-order valence-electron chi connectivity index (χ0n) is 13.0. The van der Waals surface area contributed by atoms with Crippen LogP contribution in [0.25, 0.3) is 11.4 Å². The number of halogens is 2. The van der Waals surface area contributed by atoms with Crippen molar-refractivity contribution in [1.82, 2.24) is 9.55 Å². The van der Waals surface area contributed by atoms with Crippen LogP contribution in [-0.2, 0) is 0 Å². The van der Waals surface area contributed by atoms with Crippen molar-refractivity contribution in [3.8, 4) is 17.1 Å². The first-order valence-electron chi connectivity index (χ1n) is 7.81. The van der Waals surface area contributed by atoms with Crippen LogP contribution >= 0.6 is 0 Å². The van der Waals surface area contributed by atoms with Crippen molar-refractivity contribution in [1.29, 1.82) is 0 Å². The highest BCUT2D eigenvalue weighted by molar-refractivity contribution is 5.65. The van der Waals surface area contributed by atoms with Crippen LogP contribution in [-0.4, -0.2) is 28.4 Å². The van der Waals surface area contributed by atoms with Crippen LogP contribution in [0.5, 0.6) is 5.75 Å². The van der Waals surface area contributed by atoms with E-state index >= 15 is 0 Å². The van der Waals surface area contributed by atoms with Gasteiger partial charge in [0.15, 0.2) is 11.6 Å². The number of aliphatic hydroxyl groups excluding tert-OH is 1. The minimum absolute atomic E-state index is 0.0450. The van der Waals surface area contributed by atoms with E-state index in [1.807, 2.05) is 4.57 Å². The molecule has 0 unspecified atom stereocenters. The Balaban J connectivity index is 2.03. The van der Waals surface area contributed by atoms with Crippen LogP contribution in [0.1, 0.15) is 31.7 Å². The highest BCUT2D eigenvalue weighted by Gasteiger charge is 2.27. The number of rotatable bonds is 4. The molecule has 0 aliphatic heterocycles. The average Bonchev–Trinajstić information content (AvgIpc) is 3.06. The molecule has 1 fully saturated rings. The Morgan fingerprint density at radius 2 is 2.17 bits per heavy atom. The third-order valence-electron chi connectivity index (χ3n) is 4.58. The number of benzene rings is 1. The minimum Gasteiger partial charge on any atom is -0.496 e. The van der Waals surface area contributed by atoms with E-state index in [-0.39, 0.29) is 29.9 Å². The second kappa shape index (κ2) is 6.66. The summed E-state index contributed by atoms with van der Waals surface area (Å²) in [6.07, 6.45) is 7.09. The molecule has 1 aromatic heterocycles. The summed E-state index contributed by atoms with van der Waals surface area (Å²) in [6, 6.07) is 2.57. The maximum absolute atomic E-state index is 14.4. The van der Waals surface area contributed by atoms with Gasteiger partial charge in [-0.3, -0.25) is 0 Å². The Morgan fingerprint density at radius 1 is 1.35 bits per heavy atom. The monoisotopic (exact) mass is 322 g/mol. The summed E-state index contributed by atoms with van der Waals surface area (Å²) in [6.45, 7) is 0.151. The van der Waals surface area contributed by atoms with Crippen molar-refractivity contribution in [2.75, 3.05) is 13.7 Å². The van der Waals surface area contributed by atoms with Gasteiger partial charge in [-0.2, -0.15) is 0 Å². The summed E-state index contributed by atoms with van der Waals surface area (Å²) in [5.74, 6) is -1.02. The topological polar surface area (TPSA) is 47.3 Å². The molecule has 2 aromatic rings. The molecule has 4 nitrogen and oxygen atoms in total. The molecule has 0 bridgehead atoms. The lowest BCUT2D eigenvalue weighted by atomic mass is 9.86. The van der Waals surface area contributed by atoms with E-state index in [1.54, 1.807) is 12.4 Å². The Kier molecular flexibility index (Phi) is 4.61. The maximum Gasteiger partial charge on any atom is 0.173 e. The molecule has 1 heterocycles. The Bertz CT molecular complexity index is 687. The molecule has 3 rings (SSSR count). The first kappa shape index (κ1) is 15.9. The first-order valence-corrected chi connectivity index (χ1v) is 7.81. The number of hydrogen-bond acceptors (Lipinski definition) is 3. The van der Waals surface area contributed by atoms with Gasteiger partial charge in [-0.05, 0) is 37.3 Å². The molecule has 0 spiro atoms. The van der Waals surface area contributed by atoms with Gasteiger partial charge in [0.1, 0.15) is 11.6 Å². The second-order valence-electron chi connectivity index (χ2n) is 5.97. The fourth-order valence-electron chi connectivity index (χ4n) is 3.39. The van der Waals surface area contributed by atoms with Crippen LogP contribution in [0, 0.1) is 17.6 Å². The van der Waals surface area contributed by atoms with E-state index in [0.717, 1.165) is 31.7 Å². The first-order chi connectivity index (χ1) is 11.2. The molecular formula is C17H20F2N2O2. The third kappa shape index (κ3) is 2.95. The van der Waals surface area contributed by atoms with E-state index in [2.05, 4.69) is 4.98 Å². The van der Waals surface area contributed by atoms with E-state index in [4.69, 9.17) is 4.74 Å². The molecule has 1 N–H and O–H groups in total. The van der Waals surface area contributed by atoms with Gasteiger partial charge in [0.05, 0.1) is 12.7 Å². The molecule has 0 saturated heterocycles. The normalized spacial score (nSPS) is 21.4. The molecule has 2 atom stereocenters. The van der Waals surface area contributed by atoms with E-state index in [9.17, 15) is 13.9 Å². The number of aliphatic hydroxyl groups is 1. The second-order valence-corrected chi connectivity index (χ2v) is 5.97. The maximum atomic E-state index is 14.4. The predicted molar refractivity (Wildman–Crippen MR) is 82.2 cm³/mol. The largest absolute Gasteiger partial charge is 0.496 e. The van der Waals surface area contributed by atoms with Crippen molar-refractivity contribution < 1.29 is 18.6 Å². The SMILES string of the molecule is COc1ccc(F)c(F)c1-c1nccn1[C@@H]1CCC[C@@H](CO)C1. The van der Waals surface area contributed by atoms with Crippen molar-refractivity contribution in [3.05, 3.63) is 36.2 Å². The summed E-state index contributed by atoms with van der Waals surface area (Å²) in [4.78, 5) is 4.24. The lowest BCUT2D eigenvalue weighted by molar-refractivity contribution is 0.163. The summed E-state index contributed by atoms with van der Waals surface area (Å²) in [5.41, 5.74) is 0.0450. The molecule has 1 saturated carbocycles. The average molecular weight is 322 g/mol. The van der Waals surface area contributed by atoms with Gasteiger partial charge >= 0.3 is 0 Å². The number of hydrogen-bond donors (Lipinski definition) is 1. The van der Waals surface area contributed by atoms with Crippen molar-refractivity contribution in [2.24, 2.45) is 5.92 Å². The van der Waals surface area contributed by atoms with Gasteiger partial charge in [0.25, 0.3) is 0 Å². The van der Waals surface area contributed by atoms with Crippen LogP contribution in [0.3, 0.4) is 0 Å². The summed E-state index contributed by atoms with van der Waals surface area (Å²) >= 11 is 0. The van der Waals surface area contributed by atoms with Crippen molar-refractivity contribution >= 4 is 0 Å². The molecule has 124 valence electrons. The lowest BCUT2D eigenvalue weighted by Gasteiger charge is -2.30. The number of nitrogens with zero attached hydrogens (tertiary/aromatic N) is 2. The van der Waals surface area contributed by atoms with Crippen molar-refractivity contribution in [3.63, 3.8) is 0 Å². The van der Waals surface area contributed by atoms with Crippen LogP contribution in [0.4, 0.5) is 8.78 Å². The van der Waals surface area contributed by atoms with Gasteiger partial charge in [-0.25, -0.2) is 13.8 Å². The molecule has 1 aromatic carbocycles. The zero-order chi connectivity index (χ0) is 16.4. The summed E-state index contributed by atoms with van der Waals surface area (Å²) in [5, 5.41) is 9.40. The van der Waals surface area contributed by atoms with E-state index in [1.165, 1.54) is 13.2 Å². The Morgan fingerprint density at radius 3 is 2.91 bits per heavy atom. The summed E-state index contributed by atoms with van der Waals surface area (Å²) in [7, 11) is 1.42. The van der Waals surface area contributed by atoms with Crippen molar-refractivity contribution in [2.45, 2.75) is 31.7 Å². The Hall–Kier alpha value is -1.95. The quantitative estimate of drug-likeness (QED) is 0.936. The molecule has 6 heteroatoms. The number of imidazole rings is 1. The highest BCUT2D eigenvalue weighted by Crippen LogP contribution is 2.38. The van der Waals surface area contributed by atoms with E-state index in [0.29, 0.717) is 5.82 Å². The molecule has 0 radical (unpaired) electrons. The number of ether oxygens (including phenoxy) is 1. The summed E-state index contributed by atoms with van der Waals surface area (Å²) < 4.78 is 35.1. The fourth-order valence-corrected chi connectivity index (χ4v) is 3.39. The standard InChI is InChI=1S/C17H20F2N2O2/c1-23-14-6-5-13(18)16(19)15(14)17-20-7-8-21(17)12-4-2-3-11(9-12)10-22/h5-8,11-12,22H,2-4,9-10H2,1H3/t11-,12-/m1/s1. The van der Waals surface area contributed by atoms with Crippen LogP contribution in [0.15, 0.2) is 24.5 Å². The van der Waals surface area contributed by atoms with Crippen LogP contribution in [0.2, 0.25) is 0 Å². The van der Waals surface area contributed by atoms with Gasteiger partial charge in [0, 0.05) is 25.0 Å². The molecule has 0 amide bonds. The Labute approximate surface area is 133 Å². The molecule has 23 heavy (non-hydrogen) atoms. The fraction of sp³-hybridized carbons (Fsp3) is 0.471. The predicted octanol–water partition coefficient (Wildman–Crippen LogP) is 3.56. The minimum atomic E-state index is -0.952.